The molecule has 0 aromatic heterocycles. The fourth-order valence-electron chi connectivity index (χ4n) is 2.13. The number of thioether (sulfide) groups is 1. The molecule has 2 aromatic rings. The zero-order chi connectivity index (χ0) is 15.9. The lowest BCUT2D eigenvalue weighted by atomic mass is 10.1. The number of carbonyl (C=O) groups excluding carboxylic acids is 1. The van der Waals surface area contributed by atoms with Crippen molar-refractivity contribution in [1.29, 1.82) is 0 Å². The number of carbonyl (C=O) groups is 1. The number of phenolic OH excluding ortho intramolecular Hbond substituents is 1. The fraction of sp³-hybridized carbons (Fsp3) is 0. The first-order valence-electron chi connectivity index (χ1n) is 6.17. The summed E-state index contributed by atoms with van der Waals surface area (Å²) in [6.07, 6.45) is 1.47. The Labute approximate surface area is 137 Å². The van der Waals surface area contributed by atoms with Crippen molar-refractivity contribution in [3.8, 4) is 5.75 Å². The summed E-state index contributed by atoms with van der Waals surface area (Å²) in [7, 11) is 0. The average molecular weight is 378 g/mol. The molecule has 0 amide bonds. The van der Waals surface area contributed by atoms with Gasteiger partial charge in [-0.3, -0.25) is 14.9 Å². The highest BCUT2D eigenvalue weighted by molar-refractivity contribution is 9.10. The molecule has 1 N–H and O–H groups in total. The van der Waals surface area contributed by atoms with Crippen LogP contribution in [-0.2, 0) is 0 Å². The molecule has 1 aliphatic rings. The van der Waals surface area contributed by atoms with Crippen LogP contribution in [-0.4, -0.2) is 15.8 Å². The normalized spacial score (nSPS) is 15.1. The van der Waals surface area contributed by atoms with Crippen molar-refractivity contribution in [2.45, 2.75) is 4.90 Å². The molecular weight excluding hydrogens is 370 g/mol. The maximum atomic E-state index is 12.3. The molecule has 0 saturated heterocycles. The third-order valence-corrected chi connectivity index (χ3v) is 4.70. The Morgan fingerprint density at radius 3 is 2.68 bits per heavy atom. The summed E-state index contributed by atoms with van der Waals surface area (Å²) in [5.74, 6) is -0.604. The number of nitro benzene ring substituents is 1. The first-order chi connectivity index (χ1) is 10.5. The number of allylic oxidation sites excluding steroid dienone is 1. The number of aromatic hydroxyl groups is 1. The van der Waals surface area contributed by atoms with Gasteiger partial charge in [-0.1, -0.05) is 39.8 Å². The number of Topliss-reactive ketones (excluding diaryl/α,β-unsaturated/α-hetero) is 1. The first-order valence-corrected chi connectivity index (χ1v) is 7.78. The second-order valence-corrected chi connectivity index (χ2v) is 6.56. The van der Waals surface area contributed by atoms with Crippen LogP contribution in [0.2, 0.25) is 0 Å². The SMILES string of the molecule is O=C1/C(=C\c2cc(Br)cc([N+](=O)[O-])c2O)Sc2ccccc21. The average Bonchev–Trinajstić information content (AvgIpc) is 2.79. The largest absolute Gasteiger partial charge is 0.502 e. The maximum absolute atomic E-state index is 12.3. The number of benzene rings is 2. The van der Waals surface area contributed by atoms with Gasteiger partial charge >= 0.3 is 5.69 Å². The van der Waals surface area contributed by atoms with Crippen LogP contribution >= 0.6 is 27.7 Å². The van der Waals surface area contributed by atoms with Gasteiger partial charge in [0, 0.05) is 26.6 Å². The number of hydrogen-bond acceptors (Lipinski definition) is 5. The quantitative estimate of drug-likeness (QED) is 0.476. The first kappa shape index (κ1) is 14.8. The van der Waals surface area contributed by atoms with Gasteiger partial charge < -0.3 is 5.11 Å². The number of phenols is 1. The van der Waals surface area contributed by atoms with Gasteiger partial charge in [-0.2, -0.15) is 0 Å². The van der Waals surface area contributed by atoms with E-state index in [1.54, 1.807) is 12.1 Å². The molecule has 0 radical (unpaired) electrons. The lowest BCUT2D eigenvalue weighted by Gasteiger charge is -2.03. The summed E-state index contributed by atoms with van der Waals surface area (Å²) in [4.78, 5) is 23.8. The van der Waals surface area contributed by atoms with E-state index in [0.717, 1.165) is 4.90 Å². The Hall–Kier alpha value is -2.12. The molecule has 0 bridgehead atoms. The van der Waals surface area contributed by atoms with Crippen LogP contribution in [0.5, 0.6) is 5.75 Å². The van der Waals surface area contributed by atoms with Crippen LogP contribution in [0, 0.1) is 10.1 Å². The van der Waals surface area contributed by atoms with Crippen LogP contribution in [0.1, 0.15) is 15.9 Å². The molecule has 0 fully saturated rings. The van der Waals surface area contributed by atoms with E-state index in [-0.39, 0.29) is 11.3 Å². The molecule has 2 aromatic carbocycles. The van der Waals surface area contributed by atoms with Crippen molar-refractivity contribution >= 4 is 45.2 Å². The van der Waals surface area contributed by atoms with E-state index in [2.05, 4.69) is 15.9 Å². The third-order valence-electron chi connectivity index (χ3n) is 3.14. The molecular formula is C15H8BrNO4S. The lowest BCUT2D eigenvalue weighted by Crippen LogP contribution is -1.95. The van der Waals surface area contributed by atoms with E-state index in [9.17, 15) is 20.0 Å². The Balaban J connectivity index is 2.08. The number of fused-ring (bicyclic) bond motifs is 1. The summed E-state index contributed by atoms with van der Waals surface area (Å²) < 4.78 is 0.455. The van der Waals surface area contributed by atoms with E-state index in [0.29, 0.717) is 14.9 Å². The van der Waals surface area contributed by atoms with Crippen molar-refractivity contribution in [1.82, 2.24) is 0 Å². The summed E-state index contributed by atoms with van der Waals surface area (Å²) in [5.41, 5.74) is 0.418. The molecule has 3 rings (SSSR count). The Kier molecular flexibility index (Phi) is 3.76. The molecule has 0 aliphatic carbocycles. The summed E-state index contributed by atoms with van der Waals surface area (Å²) in [6.45, 7) is 0. The predicted octanol–water partition coefficient (Wildman–Crippen LogP) is 4.39. The number of halogens is 1. The number of nitrogens with zero attached hydrogens (tertiary/aromatic N) is 1. The van der Waals surface area contributed by atoms with Crippen molar-refractivity contribution in [3.05, 3.63) is 67.0 Å². The maximum Gasteiger partial charge on any atom is 0.312 e. The lowest BCUT2D eigenvalue weighted by molar-refractivity contribution is -0.385. The van der Waals surface area contributed by atoms with Gasteiger partial charge in [-0.25, -0.2) is 0 Å². The number of rotatable bonds is 2. The molecule has 0 atom stereocenters. The van der Waals surface area contributed by atoms with Gasteiger partial charge in [0.15, 0.2) is 0 Å². The zero-order valence-electron chi connectivity index (χ0n) is 10.9. The van der Waals surface area contributed by atoms with Gasteiger partial charge in [-0.15, -0.1) is 0 Å². The van der Waals surface area contributed by atoms with E-state index in [1.165, 1.54) is 30.0 Å². The van der Waals surface area contributed by atoms with Crippen molar-refractivity contribution in [2.24, 2.45) is 0 Å². The van der Waals surface area contributed by atoms with E-state index >= 15 is 0 Å². The molecule has 1 aliphatic heterocycles. The topological polar surface area (TPSA) is 80.4 Å². The molecule has 22 heavy (non-hydrogen) atoms. The Morgan fingerprint density at radius 1 is 1.27 bits per heavy atom. The van der Waals surface area contributed by atoms with Crippen LogP contribution < -0.4 is 0 Å². The molecule has 0 spiro atoms. The van der Waals surface area contributed by atoms with E-state index in [4.69, 9.17) is 0 Å². The zero-order valence-corrected chi connectivity index (χ0v) is 13.3. The fourth-order valence-corrected chi connectivity index (χ4v) is 3.64. The molecule has 5 nitrogen and oxygen atoms in total. The standard InChI is InChI=1S/C15H8BrNO4S/c16-9-5-8(14(18)11(7-9)17(20)21)6-13-15(19)10-3-1-2-4-12(10)22-13/h1-7,18H/b13-6+. The number of nitro groups is 1. The Morgan fingerprint density at radius 2 is 2.00 bits per heavy atom. The highest BCUT2D eigenvalue weighted by Crippen LogP contribution is 2.42. The minimum absolute atomic E-state index is 0.150. The van der Waals surface area contributed by atoms with Crippen LogP contribution in [0.4, 0.5) is 5.69 Å². The number of ketones is 1. The summed E-state index contributed by atoms with van der Waals surface area (Å²) in [5, 5.41) is 21.0. The van der Waals surface area contributed by atoms with Crippen LogP contribution in [0.3, 0.4) is 0 Å². The third kappa shape index (κ3) is 2.53. The monoisotopic (exact) mass is 377 g/mol. The van der Waals surface area contributed by atoms with E-state index < -0.39 is 16.4 Å². The van der Waals surface area contributed by atoms with Gasteiger partial charge in [0.25, 0.3) is 0 Å². The van der Waals surface area contributed by atoms with E-state index in [1.807, 2.05) is 12.1 Å². The second-order valence-electron chi connectivity index (χ2n) is 4.56. The minimum atomic E-state index is -0.666. The molecule has 1 heterocycles. The van der Waals surface area contributed by atoms with Gasteiger partial charge in [-0.05, 0) is 24.3 Å². The predicted molar refractivity (Wildman–Crippen MR) is 87.1 cm³/mol. The summed E-state index contributed by atoms with van der Waals surface area (Å²) in [6, 6.07) is 9.93. The molecule has 0 saturated carbocycles. The van der Waals surface area contributed by atoms with Gasteiger partial charge in [0.05, 0.1) is 9.83 Å². The second kappa shape index (κ2) is 5.58. The van der Waals surface area contributed by atoms with Crippen molar-refractivity contribution < 1.29 is 14.8 Å². The minimum Gasteiger partial charge on any atom is -0.502 e. The van der Waals surface area contributed by atoms with Gasteiger partial charge in [0.1, 0.15) is 0 Å². The summed E-state index contributed by atoms with van der Waals surface area (Å²) >= 11 is 4.45. The Bertz CT molecular complexity index is 847. The molecule has 7 heteroatoms. The molecule has 110 valence electrons. The van der Waals surface area contributed by atoms with Crippen LogP contribution in [0.25, 0.3) is 6.08 Å². The van der Waals surface area contributed by atoms with Crippen LogP contribution in [0.15, 0.2) is 50.7 Å². The van der Waals surface area contributed by atoms with Crippen molar-refractivity contribution in [3.63, 3.8) is 0 Å². The molecule has 0 unspecified atom stereocenters. The highest BCUT2D eigenvalue weighted by atomic mass is 79.9. The van der Waals surface area contributed by atoms with Gasteiger partial charge in [0.2, 0.25) is 11.5 Å². The smallest absolute Gasteiger partial charge is 0.312 e. The highest BCUT2D eigenvalue weighted by Gasteiger charge is 2.26. The number of hydrogen-bond donors (Lipinski definition) is 1. The van der Waals surface area contributed by atoms with Crippen molar-refractivity contribution in [2.75, 3.05) is 0 Å².